The lowest BCUT2D eigenvalue weighted by Crippen LogP contribution is -2.51. The minimum Gasteiger partial charge on any atom is -0.370 e. The van der Waals surface area contributed by atoms with Crippen LogP contribution in [-0.2, 0) is 4.79 Å². The van der Waals surface area contributed by atoms with Crippen LogP contribution in [-0.4, -0.2) is 55.5 Å². The fourth-order valence-corrected chi connectivity index (χ4v) is 2.61. The third-order valence-corrected chi connectivity index (χ3v) is 3.86. The standard InChI is InChI=1S/C17H26FN5O.HI/c1-13(2)21-16(24)7-8-20-17(19)23-11-9-22(10-12-23)15-5-3-14(18)4-6-15;/h3-6,13H,7-12H2,1-2H3,(H2,19,20)(H,21,24);1H. The van der Waals surface area contributed by atoms with Gasteiger partial charge in [-0.3, -0.25) is 9.79 Å². The second-order valence-corrected chi connectivity index (χ2v) is 6.16. The fourth-order valence-electron chi connectivity index (χ4n) is 2.61. The molecule has 2 rings (SSSR count). The molecule has 0 spiro atoms. The summed E-state index contributed by atoms with van der Waals surface area (Å²) in [7, 11) is 0. The molecular weight excluding hydrogens is 436 g/mol. The van der Waals surface area contributed by atoms with Crippen LogP contribution in [0.3, 0.4) is 0 Å². The van der Waals surface area contributed by atoms with Crippen molar-refractivity contribution >= 4 is 41.5 Å². The molecule has 1 aliphatic heterocycles. The molecule has 6 nitrogen and oxygen atoms in total. The highest BCUT2D eigenvalue weighted by atomic mass is 127. The lowest BCUT2D eigenvalue weighted by atomic mass is 10.2. The number of nitrogens with one attached hydrogen (secondary N) is 1. The van der Waals surface area contributed by atoms with E-state index in [0.717, 1.165) is 31.9 Å². The Balaban J connectivity index is 0.00000312. The van der Waals surface area contributed by atoms with E-state index in [4.69, 9.17) is 5.73 Å². The summed E-state index contributed by atoms with van der Waals surface area (Å²) >= 11 is 0. The molecule has 8 heteroatoms. The van der Waals surface area contributed by atoms with Crippen LogP contribution in [0.1, 0.15) is 20.3 Å². The van der Waals surface area contributed by atoms with Crippen molar-refractivity contribution in [3.63, 3.8) is 0 Å². The smallest absolute Gasteiger partial charge is 0.222 e. The Kier molecular flexibility index (Phi) is 8.95. The van der Waals surface area contributed by atoms with Crippen molar-refractivity contribution in [3.05, 3.63) is 30.1 Å². The molecule has 1 aromatic carbocycles. The number of carbonyl (C=O) groups excluding carboxylic acids is 1. The summed E-state index contributed by atoms with van der Waals surface area (Å²) in [5.41, 5.74) is 7.03. The average Bonchev–Trinajstić information content (AvgIpc) is 2.55. The normalized spacial score (nSPS) is 15.1. The number of anilines is 1. The van der Waals surface area contributed by atoms with Gasteiger partial charge in [-0.2, -0.15) is 0 Å². The van der Waals surface area contributed by atoms with Gasteiger partial charge in [-0.05, 0) is 38.1 Å². The predicted molar refractivity (Wildman–Crippen MR) is 110 cm³/mol. The van der Waals surface area contributed by atoms with Crippen LogP contribution in [0.4, 0.5) is 10.1 Å². The summed E-state index contributed by atoms with van der Waals surface area (Å²) in [6.07, 6.45) is 0.342. The summed E-state index contributed by atoms with van der Waals surface area (Å²) < 4.78 is 13.0. The Morgan fingerprint density at radius 2 is 1.84 bits per heavy atom. The Hall–Kier alpha value is -1.58. The number of benzene rings is 1. The van der Waals surface area contributed by atoms with Crippen LogP contribution in [0.25, 0.3) is 0 Å². The number of rotatable bonds is 5. The SMILES string of the molecule is CC(C)NC(=O)CCN=C(N)N1CCN(c2ccc(F)cc2)CC1.I. The Morgan fingerprint density at radius 1 is 1.24 bits per heavy atom. The van der Waals surface area contributed by atoms with Gasteiger partial charge in [-0.1, -0.05) is 0 Å². The molecule has 0 atom stereocenters. The molecule has 0 saturated carbocycles. The Bertz CT molecular complexity index is 571. The van der Waals surface area contributed by atoms with Crippen LogP contribution in [0, 0.1) is 5.82 Å². The second kappa shape index (κ2) is 10.4. The minimum atomic E-state index is -0.227. The summed E-state index contributed by atoms with van der Waals surface area (Å²) in [6.45, 7) is 7.36. The molecule has 140 valence electrons. The Labute approximate surface area is 165 Å². The first kappa shape index (κ1) is 21.5. The molecule has 1 heterocycles. The van der Waals surface area contributed by atoms with Crippen molar-refractivity contribution in [1.82, 2.24) is 10.2 Å². The number of amides is 1. The van der Waals surface area contributed by atoms with Gasteiger partial charge in [0.2, 0.25) is 5.91 Å². The molecule has 0 aromatic heterocycles. The van der Waals surface area contributed by atoms with Crippen molar-refractivity contribution in [1.29, 1.82) is 0 Å². The lowest BCUT2D eigenvalue weighted by Gasteiger charge is -2.36. The van der Waals surface area contributed by atoms with Gasteiger partial charge in [0, 0.05) is 44.3 Å². The number of aliphatic imine (C=N–C) groups is 1. The van der Waals surface area contributed by atoms with E-state index in [-0.39, 0.29) is 41.7 Å². The first-order valence-corrected chi connectivity index (χ1v) is 8.30. The van der Waals surface area contributed by atoms with Gasteiger partial charge < -0.3 is 20.9 Å². The number of piperazine rings is 1. The van der Waals surface area contributed by atoms with E-state index >= 15 is 0 Å². The second-order valence-electron chi connectivity index (χ2n) is 6.16. The summed E-state index contributed by atoms with van der Waals surface area (Å²) in [5.74, 6) is 0.240. The van der Waals surface area contributed by atoms with Crippen molar-refractivity contribution in [2.45, 2.75) is 26.3 Å². The van der Waals surface area contributed by atoms with Gasteiger partial charge in [0.05, 0.1) is 6.54 Å². The van der Waals surface area contributed by atoms with Crippen LogP contribution in [0.2, 0.25) is 0 Å². The quantitative estimate of drug-likeness (QED) is 0.397. The van der Waals surface area contributed by atoms with Crippen LogP contribution >= 0.6 is 24.0 Å². The molecule has 1 aromatic rings. The molecular formula is C17H27FIN5O. The van der Waals surface area contributed by atoms with Gasteiger partial charge in [-0.25, -0.2) is 4.39 Å². The van der Waals surface area contributed by atoms with Gasteiger partial charge in [0.1, 0.15) is 5.82 Å². The molecule has 1 aliphatic rings. The first-order valence-electron chi connectivity index (χ1n) is 8.30. The van der Waals surface area contributed by atoms with Crippen LogP contribution < -0.4 is 16.0 Å². The maximum Gasteiger partial charge on any atom is 0.222 e. The number of carbonyl (C=O) groups is 1. The molecule has 1 fully saturated rings. The number of hydrogen-bond donors (Lipinski definition) is 2. The predicted octanol–water partition coefficient (Wildman–Crippen LogP) is 1.80. The summed E-state index contributed by atoms with van der Waals surface area (Å²) in [4.78, 5) is 20.1. The van der Waals surface area contributed by atoms with Crippen molar-refractivity contribution in [2.24, 2.45) is 10.7 Å². The zero-order valence-electron chi connectivity index (χ0n) is 14.7. The molecule has 3 N–H and O–H groups in total. The van der Waals surface area contributed by atoms with E-state index in [2.05, 4.69) is 15.2 Å². The molecule has 1 amide bonds. The topological polar surface area (TPSA) is 74.0 Å². The highest BCUT2D eigenvalue weighted by Crippen LogP contribution is 2.16. The van der Waals surface area contributed by atoms with Gasteiger partial charge >= 0.3 is 0 Å². The van der Waals surface area contributed by atoms with E-state index in [9.17, 15) is 9.18 Å². The molecule has 0 aliphatic carbocycles. The number of guanidine groups is 1. The van der Waals surface area contributed by atoms with Crippen molar-refractivity contribution in [2.75, 3.05) is 37.6 Å². The number of hydrogen-bond acceptors (Lipinski definition) is 3. The Morgan fingerprint density at radius 3 is 2.40 bits per heavy atom. The van der Waals surface area contributed by atoms with Crippen molar-refractivity contribution < 1.29 is 9.18 Å². The maximum atomic E-state index is 13.0. The van der Waals surface area contributed by atoms with E-state index < -0.39 is 0 Å². The summed E-state index contributed by atoms with van der Waals surface area (Å²) in [6, 6.07) is 6.66. The zero-order chi connectivity index (χ0) is 17.5. The monoisotopic (exact) mass is 463 g/mol. The van der Waals surface area contributed by atoms with E-state index in [0.29, 0.717) is 18.9 Å². The third kappa shape index (κ3) is 7.05. The highest BCUT2D eigenvalue weighted by Gasteiger charge is 2.18. The molecule has 0 unspecified atom stereocenters. The van der Waals surface area contributed by atoms with Gasteiger partial charge in [-0.15, -0.1) is 24.0 Å². The van der Waals surface area contributed by atoms with Gasteiger partial charge in [0.25, 0.3) is 0 Å². The largest absolute Gasteiger partial charge is 0.370 e. The number of nitrogens with zero attached hydrogens (tertiary/aromatic N) is 3. The molecule has 0 radical (unpaired) electrons. The molecule has 25 heavy (non-hydrogen) atoms. The maximum absolute atomic E-state index is 13.0. The van der Waals surface area contributed by atoms with Gasteiger partial charge in [0.15, 0.2) is 5.96 Å². The van der Waals surface area contributed by atoms with E-state index in [1.807, 2.05) is 18.7 Å². The van der Waals surface area contributed by atoms with Crippen LogP contribution in [0.5, 0.6) is 0 Å². The number of halogens is 2. The molecule has 1 saturated heterocycles. The highest BCUT2D eigenvalue weighted by molar-refractivity contribution is 14.0. The minimum absolute atomic E-state index is 0. The number of nitrogens with two attached hydrogens (primary N) is 1. The third-order valence-electron chi connectivity index (χ3n) is 3.86. The molecule has 0 bridgehead atoms. The van der Waals surface area contributed by atoms with E-state index in [1.54, 1.807) is 12.1 Å². The van der Waals surface area contributed by atoms with Crippen molar-refractivity contribution in [3.8, 4) is 0 Å². The fraction of sp³-hybridized carbons (Fsp3) is 0.529. The first-order chi connectivity index (χ1) is 11.5. The summed E-state index contributed by atoms with van der Waals surface area (Å²) in [5, 5.41) is 2.83. The average molecular weight is 463 g/mol. The van der Waals surface area contributed by atoms with Crippen LogP contribution in [0.15, 0.2) is 29.3 Å². The zero-order valence-corrected chi connectivity index (χ0v) is 17.1. The van der Waals surface area contributed by atoms with E-state index in [1.165, 1.54) is 12.1 Å². The lowest BCUT2D eigenvalue weighted by molar-refractivity contribution is -0.121.